The monoisotopic (exact) mass is 249 g/mol. The molecule has 84 valence electrons. The first kappa shape index (κ1) is 13.4. The fourth-order valence-electron chi connectivity index (χ4n) is 0.452. The van der Waals surface area contributed by atoms with E-state index in [-0.39, 0.29) is 6.29 Å². The van der Waals surface area contributed by atoms with Gasteiger partial charge in [0.05, 0.1) is 6.61 Å². The van der Waals surface area contributed by atoms with Crippen molar-refractivity contribution in [2.45, 2.75) is 6.04 Å². The van der Waals surface area contributed by atoms with Crippen molar-refractivity contribution in [2.24, 2.45) is 0 Å². The molecule has 0 fully saturated rings. The summed E-state index contributed by atoms with van der Waals surface area (Å²) in [4.78, 5) is 10.1. The lowest BCUT2D eigenvalue weighted by atomic mass is 10.4. The van der Waals surface area contributed by atoms with Crippen molar-refractivity contribution >= 4 is 27.0 Å². The number of nitrogens with one attached hydrogen (secondary N) is 1. The second kappa shape index (κ2) is 4.77. The first-order valence-electron chi connectivity index (χ1n) is 2.96. The predicted molar refractivity (Wildman–Crippen MR) is 42.0 cm³/mol. The van der Waals surface area contributed by atoms with Crippen LogP contribution < -0.4 is 4.72 Å². The van der Waals surface area contributed by atoms with Crippen molar-refractivity contribution in [3.05, 3.63) is 0 Å². The van der Waals surface area contributed by atoms with Crippen LogP contribution in [0, 0.1) is 0 Å². The van der Waals surface area contributed by atoms with Crippen LogP contribution in [-0.4, -0.2) is 44.9 Å². The summed E-state index contributed by atoms with van der Waals surface area (Å²) in [5.41, 5.74) is 0. The van der Waals surface area contributed by atoms with E-state index >= 15 is 0 Å². The minimum absolute atomic E-state index is 0.0149. The number of aldehydes is 1. The maximum absolute atomic E-state index is 10.1. The van der Waals surface area contributed by atoms with Crippen molar-refractivity contribution in [2.75, 3.05) is 6.61 Å². The highest BCUT2D eigenvalue weighted by Crippen LogP contribution is 1.90. The van der Waals surface area contributed by atoms with Crippen LogP contribution in [0.25, 0.3) is 0 Å². The Hall–Kier alpha value is -0.590. The highest BCUT2D eigenvalue weighted by atomic mass is 32.3. The molecule has 0 aromatic rings. The molecule has 0 aromatic carbocycles. The molecule has 0 amide bonds. The van der Waals surface area contributed by atoms with Crippen LogP contribution in [0.3, 0.4) is 0 Å². The lowest BCUT2D eigenvalue weighted by Gasteiger charge is -2.07. The van der Waals surface area contributed by atoms with Crippen molar-refractivity contribution in [1.82, 2.24) is 4.72 Å². The van der Waals surface area contributed by atoms with Gasteiger partial charge in [0.2, 0.25) is 0 Å². The summed E-state index contributed by atoms with van der Waals surface area (Å²) in [5, 5.41) is 0. The molecule has 0 bridgehead atoms. The van der Waals surface area contributed by atoms with Gasteiger partial charge in [-0.25, -0.2) is 4.18 Å². The van der Waals surface area contributed by atoms with Gasteiger partial charge in [-0.05, 0) is 0 Å². The van der Waals surface area contributed by atoms with E-state index in [9.17, 15) is 21.6 Å². The SMILES string of the molecule is O=CC(COS(=O)(=O)O)NS(=O)(=O)O. The zero-order valence-corrected chi connectivity index (χ0v) is 8.16. The van der Waals surface area contributed by atoms with Crippen molar-refractivity contribution in [3.63, 3.8) is 0 Å². The molecule has 0 aliphatic heterocycles. The fourth-order valence-corrected chi connectivity index (χ4v) is 1.28. The quantitative estimate of drug-likeness (QED) is 0.353. The van der Waals surface area contributed by atoms with E-state index < -0.39 is 33.4 Å². The van der Waals surface area contributed by atoms with Crippen LogP contribution in [0.2, 0.25) is 0 Å². The predicted octanol–water partition coefficient (Wildman–Crippen LogP) is -2.23. The van der Waals surface area contributed by atoms with E-state index in [4.69, 9.17) is 9.11 Å². The first-order chi connectivity index (χ1) is 6.14. The molecule has 1 unspecified atom stereocenters. The van der Waals surface area contributed by atoms with E-state index in [1.165, 1.54) is 4.72 Å². The van der Waals surface area contributed by atoms with Crippen LogP contribution in [-0.2, 0) is 29.7 Å². The maximum atomic E-state index is 10.1. The van der Waals surface area contributed by atoms with Gasteiger partial charge < -0.3 is 4.79 Å². The average Bonchev–Trinajstić information content (AvgIpc) is 1.94. The Bertz CT molecular complexity index is 381. The summed E-state index contributed by atoms with van der Waals surface area (Å²) in [6, 6.07) is -1.60. The van der Waals surface area contributed by atoms with Gasteiger partial charge in [0.15, 0.2) is 0 Å². The van der Waals surface area contributed by atoms with Crippen LogP contribution in [0.1, 0.15) is 0 Å². The fraction of sp³-hybridized carbons (Fsp3) is 0.667. The topological polar surface area (TPSA) is 147 Å². The molecule has 0 saturated carbocycles. The molecule has 0 aromatic heterocycles. The summed E-state index contributed by atoms with van der Waals surface area (Å²) in [6.45, 7) is -0.956. The summed E-state index contributed by atoms with van der Waals surface area (Å²) >= 11 is 0. The lowest BCUT2D eigenvalue weighted by molar-refractivity contribution is -0.109. The molecule has 0 spiro atoms. The average molecular weight is 249 g/mol. The van der Waals surface area contributed by atoms with E-state index in [0.29, 0.717) is 0 Å². The Morgan fingerprint density at radius 1 is 1.29 bits per heavy atom. The minimum Gasteiger partial charge on any atom is -0.301 e. The first-order valence-corrected chi connectivity index (χ1v) is 5.76. The molecule has 14 heavy (non-hydrogen) atoms. The molecule has 0 aliphatic carbocycles. The Balaban J connectivity index is 4.26. The van der Waals surface area contributed by atoms with Crippen LogP contribution in [0.4, 0.5) is 0 Å². The van der Waals surface area contributed by atoms with Crippen LogP contribution >= 0.6 is 0 Å². The summed E-state index contributed by atoms with van der Waals surface area (Å²) in [5.74, 6) is 0. The van der Waals surface area contributed by atoms with Crippen LogP contribution in [0.15, 0.2) is 0 Å². The number of hydrogen-bond donors (Lipinski definition) is 3. The van der Waals surface area contributed by atoms with Gasteiger partial charge in [-0.2, -0.15) is 21.6 Å². The van der Waals surface area contributed by atoms with E-state index in [0.717, 1.165) is 0 Å². The number of carbonyl (C=O) groups is 1. The second-order valence-corrected chi connectivity index (χ2v) is 4.32. The van der Waals surface area contributed by atoms with Gasteiger partial charge in [0.1, 0.15) is 12.3 Å². The number of rotatable bonds is 6. The number of carbonyl (C=O) groups excluding carboxylic acids is 1. The van der Waals surface area contributed by atoms with Gasteiger partial charge in [-0.3, -0.25) is 9.11 Å². The van der Waals surface area contributed by atoms with Gasteiger partial charge >= 0.3 is 20.7 Å². The summed E-state index contributed by atoms with van der Waals surface area (Å²) in [7, 11) is -9.40. The van der Waals surface area contributed by atoms with Crippen LogP contribution in [0.5, 0.6) is 0 Å². The molecule has 9 nitrogen and oxygen atoms in total. The summed E-state index contributed by atoms with van der Waals surface area (Å²) < 4.78 is 61.5. The smallest absolute Gasteiger partial charge is 0.301 e. The van der Waals surface area contributed by atoms with Gasteiger partial charge in [0.25, 0.3) is 0 Å². The molecule has 0 radical (unpaired) electrons. The highest BCUT2D eigenvalue weighted by molar-refractivity contribution is 7.83. The molecule has 0 heterocycles. The molecule has 1 atom stereocenters. The molecular weight excluding hydrogens is 242 g/mol. The second-order valence-electron chi connectivity index (χ2n) is 2.05. The molecular formula is C3H7NO8S2. The Morgan fingerprint density at radius 3 is 2.07 bits per heavy atom. The zero-order chi connectivity index (χ0) is 11.4. The Labute approximate surface area is 79.9 Å². The van der Waals surface area contributed by atoms with E-state index in [1.807, 2.05) is 0 Å². The van der Waals surface area contributed by atoms with E-state index in [2.05, 4.69) is 4.18 Å². The molecule has 0 saturated heterocycles. The van der Waals surface area contributed by atoms with E-state index in [1.54, 1.807) is 0 Å². The van der Waals surface area contributed by atoms with Gasteiger partial charge in [-0.1, -0.05) is 0 Å². The third kappa shape index (κ3) is 8.03. The highest BCUT2D eigenvalue weighted by Gasteiger charge is 2.17. The molecule has 11 heteroatoms. The van der Waals surface area contributed by atoms with Crippen molar-refractivity contribution < 1.29 is 34.9 Å². The minimum atomic E-state index is -4.76. The number of hydrogen-bond acceptors (Lipinski definition) is 6. The third-order valence-electron chi connectivity index (χ3n) is 0.861. The largest absolute Gasteiger partial charge is 0.397 e. The Kier molecular flexibility index (Phi) is 4.57. The van der Waals surface area contributed by atoms with Crippen molar-refractivity contribution in [1.29, 1.82) is 0 Å². The standard InChI is InChI=1S/C3H7NO8S2/c5-1-3(4-13(6,7)8)2-12-14(9,10)11/h1,3-4H,2H2,(H,6,7,8)(H,9,10,11). The zero-order valence-electron chi connectivity index (χ0n) is 6.52. The molecule has 0 aliphatic rings. The molecule has 3 N–H and O–H groups in total. The van der Waals surface area contributed by atoms with Gasteiger partial charge in [0, 0.05) is 0 Å². The normalized spacial score (nSPS) is 15.0. The van der Waals surface area contributed by atoms with Gasteiger partial charge in [-0.15, -0.1) is 0 Å². The molecule has 0 rings (SSSR count). The maximum Gasteiger partial charge on any atom is 0.397 e. The Morgan fingerprint density at radius 2 is 1.79 bits per heavy atom. The lowest BCUT2D eigenvalue weighted by Crippen LogP contribution is -2.39. The van der Waals surface area contributed by atoms with Crippen molar-refractivity contribution in [3.8, 4) is 0 Å². The third-order valence-corrected chi connectivity index (χ3v) is 1.90. The summed E-state index contributed by atoms with van der Waals surface area (Å²) in [6.07, 6.45) is -0.0149.